The third-order valence-electron chi connectivity index (χ3n) is 5.17. The van der Waals surface area contributed by atoms with Crippen molar-refractivity contribution < 1.29 is 23.5 Å². The van der Waals surface area contributed by atoms with Crippen molar-refractivity contribution in [2.24, 2.45) is 0 Å². The molecule has 2 amide bonds. The highest BCUT2D eigenvalue weighted by atomic mass is 35.5. The third-order valence-corrected chi connectivity index (χ3v) is 7.14. The van der Waals surface area contributed by atoms with Gasteiger partial charge in [0.15, 0.2) is 11.5 Å². The van der Waals surface area contributed by atoms with E-state index >= 15 is 0 Å². The van der Waals surface area contributed by atoms with Crippen LogP contribution in [0.5, 0.6) is 11.5 Å². The van der Waals surface area contributed by atoms with Crippen molar-refractivity contribution in [2.45, 2.75) is 13.2 Å². The van der Waals surface area contributed by atoms with Crippen LogP contribution < -0.4 is 9.47 Å². The highest BCUT2D eigenvalue weighted by molar-refractivity contribution is 8.18. The zero-order valence-electron chi connectivity index (χ0n) is 18.2. The number of imide groups is 1. The van der Waals surface area contributed by atoms with E-state index in [0.29, 0.717) is 32.7 Å². The lowest BCUT2D eigenvalue weighted by Crippen LogP contribution is -2.27. The Morgan fingerprint density at radius 3 is 2.26 bits per heavy atom. The van der Waals surface area contributed by atoms with Gasteiger partial charge in [-0.15, -0.1) is 0 Å². The summed E-state index contributed by atoms with van der Waals surface area (Å²) in [7, 11) is 1.48. The molecular weight excluding hydrogens is 536 g/mol. The summed E-state index contributed by atoms with van der Waals surface area (Å²) in [5.41, 5.74) is 1.29. The molecule has 1 heterocycles. The molecule has 5 nitrogen and oxygen atoms in total. The first kappa shape index (κ1) is 25.4. The summed E-state index contributed by atoms with van der Waals surface area (Å²) in [4.78, 5) is 26.8. The van der Waals surface area contributed by atoms with Gasteiger partial charge in [-0.2, -0.15) is 0 Å². The molecule has 180 valence electrons. The van der Waals surface area contributed by atoms with Crippen LogP contribution in [0.2, 0.25) is 15.1 Å². The minimum absolute atomic E-state index is 0.0408. The van der Waals surface area contributed by atoms with Gasteiger partial charge in [0, 0.05) is 21.2 Å². The highest BCUT2D eigenvalue weighted by Crippen LogP contribution is 2.37. The molecule has 3 aromatic rings. The van der Waals surface area contributed by atoms with Gasteiger partial charge in [-0.1, -0.05) is 53.0 Å². The smallest absolute Gasteiger partial charge is 0.293 e. The molecule has 1 aliphatic rings. The van der Waals surface area contributed by atoms with Crippen molar-refractivity contribution in [3.8, 4) is 11.5 Å². The molecule has 4 rings (SSSR count). The Bertz CT molecular complexity index is 1310. The van der Waals surface area contributed by atoms with E-state index in [9.17, 15) is 14.0 Å². The standard InChI is InChI=1S/C25H17Cl3FNO4S/c1-33-21-9-8-14(10-22(21)34-13-16-19(28)6-3-7-20(16)29)11-23-24(31)30(25(32)35-23)12-15-17(26)4-2-5-18(15)27/h2-11H,12-13H2,1H3/b23-11-. The van der Waals surface area contributed by atoms with Crippen LogP contribution in [0.3, 0.4) is 0 Å². The summed E-state index contributed by atoms with van der Waals surface area (Å²) in [5.74, 6) is -0.217. The summed E-state index contributed by atoms with van der Waals surface area (Å²) in [6, 6.07) is 14.3. The Kier molecular flexibility index (Phi) is 7.91. The Hall–Kier alpha value is -2.71. The SMILES string of the molecule is COc1ccc(/C=C2\SC(=O)N(Cc3c(Cl)cccc3Cl)C2=O)cc1OCc1c(F)cccc1Cl. The predicted octanol–water partition coefficient (Wildman–Crippen LogP) is 7.61. The van der Waals surface area contributed by atoms with Gasteiger partial charge in [0.1, 0.15) is 12.4 Å². The number of rotatable bonds is 7. The monoisotopic (exact) mass is 551 g/mol. The van der Waals surface area contributed by atoms with Crippen LogP contribution in [0.25, 0.3) is 6.08 Å². The largest absolute Gasteiger partial charge is 0.493 e. The fraction of sp³-hybridized carbons (Fsp3) is 0.120. The highest BCUT2D eigenvalue weighted by Gasteiger charge is 2.35. The van der Waals surface area contributed by atoms with Gasteiger partial charge in [-0.25, -0.2) is 4.39 Å². The lowest BCUT2D eigenvalue weighted by molar-refractivity contribution is -0.123. The Labute approximate surface area is 220 Å². The van der Waals surface area contributed by atoms with Crippen molar-refractivity contribution in [3.05, 3.63) is 97.1 Å². The van der Waals surface area contributed by atoms with Gasteiger partial charge in [0.25, 0.3) is 11.1 Å². The zero-order valence-corrected chi connectivity index (χ0v) is 21.3. The first-order chi connectivity index (χ1) is 16.8. The first-order valence-electron chi connectivity index (χ1n) is 10.2. The summed E-state index contributed by atoms with van der Waals surface area (Å²) < 4.78 is 25.2. The maximum absolute atomic E-state index is 14.1. The molecule has 0 N–H and O–H groups in total. The molecule has 1 saturated heterocycles. The Morgan fingerprint density at radius 1 is 0.943 bits per heavy atom. The van der Waals surface area contributed by atoms with E-state index in [-0.39, 0.29) is 28.6 Å². The number of carbonyl (C=O) groups excluding carboxylic acids is 2. The van der Waals surface area contributed by atoms with E-state index in [2.05, 4.69) is 0 Å². The lowest BCUT2D eigenvalue weighted by atomic mass is 10.1. The number of ether oxygens (including phenoxy) is 2. The second kappa shape index (κ2) is 10.9. The lowest BCUT2D eigenvalue weighted by Gasteiger charge is -2.15. The average molecular weight is 553 g/mol. The third kappa shape index (κ3) is 5.59. The number of carbonyl (C=O) groups is 2. The molecule has 0 bridgehead atoms. The van der Waals surface area contributed by atoms with E-state index < -0.39 is 17.0 Å². The maximum Gasteiger partial charge on any atom is 0.293 e. The number of hydrogen-bond acceptors (Lipinski definition) is 5. The molecule has 10 heteroatoms. The van der Waals surface area contributed by atoms with Crippen LogP contribution in [0.4, 0.5) is 9.18 Å². The number of thioether (sulfide) groups is 1. The van der Waals surface area contributed by atoms with E-state index in [4.69, 9.17) is 44.3 Å². The Balaban J connectivity index is 1.56. The van der Waals surface area contributed by atoms with E-state index in [1.54, 1.807) is 48.5 Å². The molecular formula is C25H17Cl3FNO4S. The maximum atomic E-state index is 14.1. The van der Waals surface area contributed by atoms with Crippen LogP contribution in [0.15, 0.2) is 59.5 Å². The second-order valence-electron chi connectivity index (χ2n) is 7.37. The zero-order chi connectivity index (χ0) is 25.1. The molecule has 0 spiro atoms. The number of benzene rings is 3. The molecule has 0 unspecified atom stereocenters. The number of halogens is 4. The van der Waals surface area contributed by atoms with Gasteiger partial charge in [0.2, 0.25) is 0 Å². The minimum Gasteiger partial charge on any atom is -0.493 e. The van der Waals surface area contributed by atoms with Gasteiger partial charge in [-0.05, 0) is 59.8 Å². The summed E-state index contributed by atoms with van der Waals surface area (Å²) in [6.07, 6.45) is 1.57. The molecule has 1 aliphatic heterocycles. The van der Waals surface area contributed by atoms with Crippen LogP contribution >= 0.6 is 46.6 Å². The number of hydrogen-bond donors (Lipinski definition) is 0. The summed E-state index contributed by atoms with van der Waals surface area (Å²) in [5, 5.41) is 0.545. The molecule has 0 saturated carbocycles. The van der Waals surface area contributed by atoms with Gasteiger partial charge < -0.3 is 9.47 Å². The number of methoxy groups -OCH3 is 1. The average Bonchev–Trinajstić information content (AvgIpc) is 3.08. The van der Waals surface area contributed by atoms with Crippen molar-refractivity contribution in [1.82, 2.24) is 4.90 Å². The van der Waals surface area contributed by atoms with Crippen LogP contribution in [-0.2, 0) is 17.9 Å². The van der Waals surface area contributed by atoms with Gasteiger partial charge in [0.05, 0.1) is 23.6 Å². The molecule has 0 atom stereocenters. The predicted molar refractivity (Wildman–Crippen MR) is 137 cm³/mol. The minimum atomic E-state index is -0.486. The van der Waals surface area contributed by atoms with Gasteiger partial charge in [-0.3, -0.25) is 14.5 Å². The van der Waals surface area contributed by atoms with Crippen molar-refractivity contribution in [1.29, 1.82) is 0 Å². The molecule has 35 heavy (non-hydrogen) atoms. The fourth-order valence-corrected chi connectivity index (χ4v) is 4.92. The van der Waals surface area contributed by atoms with E-state index in [1.165, 1.54) is 19.2 Å². The van der Waals surface area contributed by atoms with Crippen LogP contribution in [-0.4, -0.2) is 23.2 Å². The normalized spacial score (nSPS) is 14.7. The quantitative estimate of drug-likeness (QED) is 0.282. The van der Waals surface area contributed by atoms with Crippen LogP contribution in [0.1, 0.15) is 16.7 Å². The first-order valence-corrected chi connectivity index (χ1v) is 12.2. The van der Waals surface area contributed by atoms with Crippen molar-refractivity contribution >= 4 is 63.8 Å². The van der Waals surface area contributed by atoms with E-state index in [0.717, 1.165) is 16.7 Å². The molecule has 0 aliphatic carbocycles. The Morgan fingerprint density at radius 2 is 1.60 bits per heavy atom. The molecule has 0 radical (unpaired) electrons. The topological polar surface area (TPSA) is 55.8 Å². The molecule has 1 fully saturated rings. The molecule has 0 aromatic heterocycles. The second-order valence-corrected chi connectivity index (χ2v) is 9.58. The number of amides is 2. The summed E-state index contributed by atoms with van der Waals surface area (Å²) >= 11 is 19.3. The molecule has 3 aromatic carbocycles. The van der Waals surface area contributed by atoms with Crippen molar-refractivity contribution in [3.63, 3.8) is 0 Å². The van der Waals surface area contributed by atoms with Crippen LogP contribution in [0, 0.1) is 5.82 Å². The van der Waals surface area contributed by atoms with Crippen molar-refractivity contribution in [2.75, 3.05) is 7.11 Å². The fourth-order valence-electron chi connectivity index (χ4n) is 3.35. The number of nitrogens with zero attached hydrogens (tertiary/aromatic N) is 1. The van der Waals surface area contributed by atoms with Gasteiger partial charge >= 0.3 is 0 Å². The van der Waals surface area contributed by atoms with E-state index in [1.807, 2.05) is 0 Å². The summed E-state index contributed by atoms with van der Waals surface area (Å²) in [6.45, 7) is -0.165.